The lowest BCUT2D eigenvalue weighted by Gasteiger charge is -2.22. The Hall–Kier alpha value is -1.33. The summed E-state index contributed by atoms with van der Waals surface area (Å²) in [5.41, 5.74) is 1.42. The lowest BCUT2D eigenvalue weighted by molar-refractivity contribution is 0.0714. The summed E-state index contributed by atoms with van der Waals surface area (Å²) >= 11 is 9.41. The van der Waals surface area contributed by atoms with Crippen LogP contribution >= 0.6 is 27.5 Å². The number of benzene rings is 1. The lowest BCUT2D eigenvalue weighted by Crippen LogP contribution is -2.30. The maximum Gasteiger partial charge on any atom is 0.254 e. The number of carbonyl (C=O) groups excluding carboxylic acids is 1. The lowest BCUT2D eigenvalue weighted by atomic mass is 10.1. The average Bonchev–Trinajstić information content (AvgIpc) is 3.09. The molecule has 1 fully saturated rings. The number of likely N-dealkylation sites (tertiary alicyclic amines) is 1. The van der Waals surface area contributed by atoms with E-state index in [1.54, 1.807) is 18.2 Å². The van der Waals surface area contributed by atoms with Crippen LogP contribution in [0.15, 0.2) is 33.3 Å². The Labute approximate surface area is 136 Å². The molecule has 1 atom stereocenters. The number of aryl methyl sites for hydroxylation is 1. The van der Waals surface area contributed by atoms with E-state index < -0.39 is 0 Å². The Morgan fingerprint density at radius 3 is 2.95 bits per heavy atom. The van der Waals surface area contributed by atoms with Gasteiger partial charge in [-0.15, -0.1) is 0 Å². The molecule has 2 aromatic rings. The molecular weight excluding hydrogens is 356 g/mol. The highest BCUT2D eigenvalue weighted by Gasteiger charge is 2.33. The number of hydrogen-bond donors (Lipinski definition) is 0. The molecule has 6 heteroatoms. The highest BCUT2D eigenvalue weighted by Crippen LogP contribution is 2.34. The summed E-state index contributed by atoms with van der Waals surface area (Å²) in [4.78, 5) is 14.5. The van der Waals surface area contributed by atoms with Gasteiger partial charge in [0.15, 0.2) is 5.76 Å². The molecule has 0 aliphatic carbocycles. The summed E-state index contributed by atoms with van der Waals surface area (Å²) in [6.07, 6.45) is 1.85. The van der Waals surface area contributed by atoms with Crippen LogP contribution < -0.4 is 0 Å². The van der Waals surface area contributed by atoms with Gasteiger partial charge in [0.25, 0.3) is 5.91 Å². The number of hydrogen-bond acceptors (Lipinski definition) is 3. The van der Waals surface area contributed by atoms with Crippen molar-refractivity contribution < 1.29 is 9.32 Å². The molecule has 0 spiro atoms. The van der Waals surface area contributed by atoms with Gasteiger partial charge in [-0.05, 0) is 53.9 Å². The molecule has 4 nitrogen and oxygen atoms in total. The topological polar surface area (TPSA) is 46.3 Å². The van der Waals surface area contributed by atoms with Crippen molar-refractivity contribution in [1.29, 1.82) is 0 Å². The van der Waals surface area contributed by atoms with Gasteiger partial charge >= 0.3 is 0 Å². The Morgan fingerprint density at radius 2 is 2.29 bits per heavy atom. The monoisotopic (exact) mass is 368 g/mol. The van der Waals surface area contributed by atoms with E-state index in [1.165, 1.54) is 0 Å². The number of aromatic nitrogens is 1. The van der Waals surface area contributed by atoms with E-state index in [2.05, 4.69) is 21.1 Å². The minimum Gasteiger partial charge on any atom is -0.359 e. The SMILES string of the molecule is Cc1cc(C2CCCN2C(=O)c2ccc(Br)c(Cl)c2)on1. The van der Waals surface area contributed by atoms with Gasteiger partial charge in [0, 0.05) is 22.6 Å². The van der Waals surface area contributed by atoms with Gasteiger partial charge in [-0.1, -0.05) is 16.8 Å². The fraction of sp³-hybridized carbons (Fsp3) is 0.333. The van der Waals surface area contributed by atoms with Crippen LogP contribution in [0.3, 0.4) is 0 Å². The molecule has 1 aliphatic rings. The van der Waals surface area contributed by atoms with Crippen LogP contribution in [-0.2, 0) is 0 Å². The van der Waals surface area contributed by atoms with E-state index in [0.717, 1.165) is 35.3 Å². The largest absolute Gasteiger partial charge is 0.359 e. The van der Waals surface area contributed by atoms with Gasteiger partial charge in [0.05, 0.1) is 16.8 Å². The fourth-order valence-electron chi connectivity index (χ4n) is 2.64. The van der Waals surface area contributed by atoms with E-state index in [0.29, 0.717) is 10.6 Å². The highest BCUT2D eigenvalue weighted by molar-refractivity contribution is 9.10. The summed E-state index contributed by atoms with van der Waals surface area (Å²) in [6, 6.07) is 7.11. The smallest absolute Gasteiger partial charge is 0.254 e. The van der Waals surface area contributed by atoms with Crippen molar-refractivity contribution in [2.45, 2.75) is 25.8 Å². The zero-order valence-corrected chi connectivity index (χ0v) is 13.8. The first-order valence-electron chi connectivity index (χ1n) is 6.75. The number of nitrogens with zero attached hydrogens (tertiary/aromatic N) is 2. The summed E-state index contributed by atoms with van der Waals surface area (Å²) in [7, 11) is 0. The summed E-state index contributed by atoms with van der Waals surface area (Å²) in [6.45, 7) is 2.60. The summed E-state index contributed by atoms with van der Waals surface area (Å²) < 4.78 is 6.11. The highest BCUT2D eigenvalue weighted by atomic mass is 79.9. The van der Waals surface area contributed by atoms with E-state index >= 15 is 0 Å². The van der Waals surface area contributed by atoms with Gasteiger partial charge in [-0.2, -0.15) is 0 Å². The first kappa shape index (κ1) is 14.6. The van der Waals surface area contributed by atoms with Gasteiger partial charge < -0.3 is 9.42 Å². The van der Waals surface area contributed by atoms with Gasteiger partial charge in [-0.25, -0.2) is 0 Å². The minimum absolute atomic E-state index is 0.0269. The van der Waals surface area contributed by atoms with Crippen LogP contribution in [0.1, 0.15) is 40.7 Å². The Balaban J connectivity index is 1.87. The maximum atomic E-state index is 12.7. The number of halogens is 2. The molecule has 1 aliphatic heterocycles. The molecule has 1 aromatic heterocycles. The average molecular weight is 370 g/mol. The predicted molar refractivity (Wildman–Crippen MR) is 83.4 cm³/mol. The number of rotatable bonds is 2. The first-order valence-corrected chi connectivity index (χ1v) is 7.92. The van der Waals surface area contributed by atoms with Gasteiger partial charge in [-0.3, -0.25) is 4.79 Å². The molecule has 1 saturated heterocycles. The Kier molecular flexibility index (Phi) is 4.04. The molecule has 0 N–H and O–H groups in total. The standard InChI is InChI=1S/C15H14BrClN2O2/c1-9-7-14(21-18-9)13-3-2-6-19(13)15(20)10-4-5-11(16)12(17)8-10/h4-5,7-8,13H,2-3,6H2,1H3. The molecule has 1 amide bonds. The van der Waals surface area contributed by atoms with E-state index in [-0.39, 0.29) is 11.9 Å². The van der Waals surface area contributed by atoms with Gasteiger partial charge in [0.1, 0.15) is 0 Å². The maximum absolute atomic E-state index is 12.7. The second-order valence-corrected chi connectivity index (χ2v) is 6.42. The molecule has 0 saturated carbocycles. The fourth-order valence-corrected chi connectivity index (χ4v) is 3.07. The zero-order chi connectivity index (χ0) is 15.0. The van der Waals surface area contributed by atoms with Crippen LogP contribution in [0.25, 0.3) is 0 Å². The third-order valence-corrected chi connectivity index (χ3v) is 4.89. The van der Waals surface area contributed by atoms with Gasteiger partial charge in [0.2, 0.25) is 0 Å². The molecule has 110 valence electrons. The van der Waals surface area contributed by atoms with E-state index in [1.807, 2.05) is 17.9 Å². The second kappa shape index (κ2) is 5.81. The van der Waals surface area contributed by atoms with Crippen LogP contribution in [0.2, 0.25) is 5.02 Å². The number of carbonyl (C=O) groups is 1. The zero-order valence-electron chi connectivity index (χ0n) is 11.5. The summed E-state index contributed by atoms with van der Waals surface area (Å²) in [5, 5.41) is 4.45. The van der Waals surface area contributed by atoms with Crippen LogP contribution in [-0.4, -0.2) is 22.5 Å². The van der Waals surface area contributed by atoms with Crippen LogP contribution in [0.4, 0.5) is 0 Å². The first-order chi connectivity index (χ1) is 10.1. The second-order valence-electron chi connectivity index (χ2n) is 5.16. The molecule has 0 bridgehead atoms. The Bertz CT molecular complexity index is 686. The summed E-state index contributed by atoms with van der Waals surface area (Å²) in [5.74, 6) is 0.725. The minimum atomic E-state index is -0.0406. The molecule has 1 aromatic carbocycles. The van der Waals surface area contributed by atoms with Crippen molar-refractivity contribution in [2.75, 3.05) is 6.54 Å². The molecule has 2 heterocycles. The van der Waals surface area contributed by atoms with Crippen molar-refractivity contribution in [3.05, 3.63) is 50.8 Å². The van der Waals surface area contributed by atoms with Crippen molar-refractivity contribution in [3.8, 4) is 0 Å². The van der Waals surface area contributed by atoms with E-state index in [9.17, 15) is 4.79 Å². The Morgan fingerprint density at radius 1 is 1.48 bits per heavy atom. The van der Waals surface area contributed by atoms with Crippen LogP contribution in [0, 0.1) is 6.92 Å². The predicted octanol–water partition coefficient (Wildman–Crippen LogP) is 4.38. The molecular formula is C15H14BrClN2O2. The third-order valence-electron chi connectivity index (χ3n) is 3.65. The third kappa shape index (κ3) is 2.85. The van der Waals surface area contributed by atoms with Crippen molar-refractivity contribution in [1.82, 2.24) is 10.1 Å². The molecule has 3 rings (SSSR count). The van der Waals surface area contributed by atoms with E-state index in [4.69, 9.17) is 16.1 Å². The molecule has 0 radical (unpaired) electrons. The van der Waals surface area contributed by atoms with Crippen molar-refractivity contribution in [3.63, 3.8) is 0 Å². The van der Waals surface area contributed by atoms with Crippen molar-refractivity contribution in [2.24, 2.45) is 0 Å². The number of amides is 1. The quantitative estimate of drug-likeness (QED) is 0.789. The van der Waals surface area contributed by atoms with Crippen molar-refractivity contribution >= 4 is 33.4 Å². The molecule has 21 heavy (non-hydrogen) atoms. The molecule has 1 unspecified atom stereocenters. The normalized spacial score (nSPS) is 18.2. The van der Waals surface area contributed by atoms with Crippen LogP contribution in [0.5, 0.6) is 0 Å².